The van der Waals surface area contributed by atoms with Crippen LogP contribution in [-0.2, 0) is 10.1 Å². The largest absolute Gasteiger partial charge is 0.355 e. The molecule has 0 heterocycles. The average molecular weight is 215 g/mol. The number of carbonyl (C=O) groups is 1. The number of hydrogen-bond acceptors (Lipinski definition) is 3. The van der Waals surface area contributed by atoms with E-state index in [4.69, 9.17) is 4.55 Å². The van der Waals surface area contributed by atoms with Crippen LogP contribution in [0.2, 0.25) is 0 Å². The molecule has 2 N–H and O–H groups in total. The van der Waals surface area contributed by atoms with Gasteiger partial charge in [-0.3, -0.25) is 9.35 Å². The highest BCUT2D eigenvalue weighted by atomic mass is 32.2. The molecule has 6 heteroatoms. The lowest BCUT2D eigenvalue weighted by atomic mass is 10.2. The first kappa shape index (κ1) is 10.7. The van der Waals surface area contributed by atoms with Gasteiger partial charge in [0.1, 0.15) is 0 Å². The van der Waals surface area contributed by atoms with E-state index in [1.54, 1.807) is 0 Å². The molecule has 76 valence electrons. The van der Waals surface area contributed by atoms with Gasteiger partial charge < -0.3 is 5.32 Å². The first-order chi connectivity index (χ1) is 6.45. The van der Waals surface area contributed by atoms with Gasteiger partial charge in [-0.15, -0.1) is 0 Å². The summed E-state index contributed by atoms with van der Waals surface area (Å²) in [6, 6.07) is 5.15. The lowest BCUT2D eigenvalue weighted by molar-refractivity contribution is 0.0963. The minimum atomic E-state index is -4.25. The maximum Gasteiger partial charge on any atom is 0.294 e. The number of rotatable bonds is 2. The Morgan fingerprint density at radius 1 is 1.43 bits per heavy atom. The molecular formula is C8H9NO4S. The molecule has 0 atom stereocenters. The molecule has 0 aliphatic carbocycles. The van der Waals surface area contributed by atoms with Gasteiger partial charge in [-0.05, 0) is 18.2 Å². The Morgan fingerprint density at radius 2 is 2.07 bits per heavy atom. The number of nitrogens with one attached hydrogen (secondary N) is 1. The third-order valence-corrected chi connectivity index (χ3v) is 2.47. The summed E-state index contributed by atoms with van der Waals surface area (Å²) in [6.45, 7) is 0. The second kappa shape index (κ2) is 3.77. The van der Waals surface area contributed by atoms with Crippen LogP contribution in [0.1, 0.15) is 10.4 Å². The van der Waals surface area contributed by atoms with Crippen LogP contribution in [0.25, 0.3) is 0 Å². The molecule has 0 unspecified atom stereocenters. The molecule has 0 saturated heterocycles. The average Bonchev–Trinajstić information content (AvgIpc) is 2.15. The van der Waals surface area contributed by atoms with E-state index in [1.165, 1.54) is 25.2 Å². The van der Waals surface area contributed by atoms with Crippen molar-refractivity contribution < 1.29 is 17.8 Å². The lowest BCUT2D eigenvalue weighted by Gasteiger charge is -2.01. The molecule has 1 aromatic rings. The van der Waals surface area contributed by atoms with E-state index in [1.807, 2.05) is 0 Å². The Kier molecular flexibility index (Phi) is 2.87. The van der Waals surface area contributed by atoms with E-state index in [9.17, 15) is 13.2 Å². The van der Waals surface area contributed by atoms with Gasteiger partial charge in [-0.25, -0.2) is 0 Å². The summed E-state index contributed by atoms with van der Waals surface area (Å²) in [6.07, 6.45) is 0. The van der Waals surface area contributed by atoms with Gasteiger partial charge >= 0.3 is 0 Å². The van der Waals surface area contributed by atoms with Crippen LogP contribution in [-0.4, -0.2) is 25.9 Å². The number of amides is 1. The van der Waals surface area contributed by atoms with Crippen LogP contribution in [0, 0.1) is 0 Å². The van der Waals surface area contributed by atoms with E-state index < -0.39 is 16.0 Å². The summed E-state index contributed by atoms with van der Waals surface area (Å²) in [7, 11) is -2.81. The fourth-order valence-corrected chi connectivity index (χ4v) is 1.47. The van der Waals surface area contributed by atoms with Crippen molar-refractivity contribution in [1.82, 2.24) is 5.32 Å². The van der Waals surface area contributed by atoms with Crippen LogP contribution >= 0.6 is 0 Å². The zero-order chi connectivity index (χ0) is 10.8. The summed E-state index contributed by atoms with van der Waals surface area (Å²) < 4.78 is 30.1. The molecule has 0 bridgehead atoms. The number of carbonyl (C=O) groups excluding carboxylic acids is 1. The van der Waals surface area contributed by atoms with Crippen LogP contribution in [0.3, 0.4) is 0 Å². The molecule has 1 amide bonds. The predicted molar refractivity (Wildman–Crippen MR) is 49.6 cm³/mol. The molecular weight excluding hydrogens is 206 g/mol. The van der Waals surface area contributed by atoms with Crippen LogP contribution in [0.15, 0.2) is 29.2 Å². The van der Waals surface area contributed by atoms with E-state index in [2.05, 4.69) is 5.32 Å². The topological polar surface area (TPSA) is 83.5 Å². The third kappa shape index (κ3) is 2.30. The molecule has 1 aromatic carbocycles. The minimum absolute atomic E-state index is 0.183. The number of benzene rings is 1. The maximum absolute atomic E-state index is 11.1. The quantitative estimate of drug-likeness (QED) is 0.695. The molecule has 0 fully saturated rings. The van der Waals surface area contributed by atoms with E-state index in [0.717, 1.165) is 6.07 Å². The van der Waals surface area contributed by atoms with Gasteiger partial charge in [0.15, 0.2) is 0 Å². The van der Waals surface area contributed by atoms with Gasteiger partial charge in [-0.1, -0.05) is 6.07 Å². The molecule has 5 nitrogen and oxygen atoms in total. The second-order valence-electron chi connectivity index (χ2n) is 2.58. The highest BCUT2D eigenvalue weighted by molar-refractivity contribution is 7.85. The maximum atomic E-state index is 11.1. The molecule has 0 spiro atoms. The van der Waals surface area contributed by atoms with Crippen molar-refractivity contribution in [1.29, 1.82) is 0 Å². The van der Waals surface area contributed by atoms with Crippen molar-refractivity contribution in [3.05, 3.63) is 29.8 Å². The van der Waals surface area contributed by atoms with Gasteiger partial charge in [0, 0.05) is 12.6 Å². The monoisotopic (exact) mass is 215 g/mol. The van der Waals surface area contributed by atoms with Gasteiger partial charge in [0.05, 0.1) is 4.90 Å². The zero-order valence-electron chi connectivity index (χ0n) is 7.39. The SMILES string of the molecule is CNC(=O)c1cccc(S(=O)(=O)O)c1. The third-order valence-electron chi connectivity index (χ3n) is 1.62. The van der Waals surface area contributed by atoms with Crippen molar-refractivity contribution in [2.75, 3.05) is 7.05 Å². The van der Waals surface area contributed by atoms with E-state index >= 15 is 0 Å². The number of hydrogen-bond donors (Lipinski definition) is 2. The lowest BCUT2D eigenvalue weighted by Crippen LogP contribution is -2.18. The van der Waals surface area contributed by atoms with Crippen LogP contribution < -0.4 is 5.32 Å². The summed E-state index contributed by atoms with van der Waals surface area (Å²) in [5, 5.41) is 2.34. The molecule has 0 saturated carbocycles. The van der Waals surface area contributed by atoms with Gasteiger partial charge in [0.2, 0.25) is 0 Å². The van der Waals surface area contributed by atoms with Crippen molar-refractivity contribution in [3.63, 3.8) is 0 Å². The molecule has 0 aromatic heterocycles. The molecule has 14 heavy (non-hydrogen) atoms. The van der Waals surface area contributed by atoms with Crippen LogP contribution in [0.5, 0.6) is 0 Å². The van der Waals surface area contributed by atoms with Crippen molar-refractivity contribution in [2.24, 2.45) is 0 Å². The second-order valence-corrected chi connectivity index (χ2v) is 4.00. The molecule has 1 rings (SSSR count). The molecule has 0 radical (unpaired) electrons. The van der Waals surface area contributed by atoms with Crippen LogP contribution in [0.4, 0.5) is 0 Å². The molecule has 0 aliphatic rings. The Hall–Kier alpha value is -1.40. The van der Waals surface area contributed by atoms with Crippen molar-refractivity contribution in [3.8, 4) is 0 Å². The highest BCUT2D eigenvalue weighted by Crippen LogP contribution is 2.10. The molecule has 0 aliphatic heterocycles. The van der Waals surface area contributed by atoms with Crippen molar-refractivity contribution >= 4 is 16.0 Å². The van der Waals surface area contributed by atoms with Gasteiger partial charge in [-0.2, -0.15) is 8.42 Å². The fourth-order valence-electron chi connectivity index (χ4n) is 0.942. The van der Waals surface area contributed by atoms with Crippen molar-refractivity contribution in [2.45, 2.75) is 4.90 Å². The first-order valence-corrected chi connectivity index (χ1v) is 5.19. The highest BCUT2D eigenvalue weighted by Gasteiger charge is 2.11. The fraction of sp³-hybridized carbons (Fsp3) is 0.125. The Labute approximate surface area is 81.5 Å². The summed E-state index contributed by atoms with van der Waals surface area (Å²) in [5.41, 5.74) is 0.183. The summed E-state index contributed by atoms with van der Waals surface area (Å²) in [4.78, 5) is 10.8. The predicted octanol–water partition coefficient (Wildman–Crippen LogP) is 0.293. The van der Waals surface area contributed by atoms with E-state index in [-0.39, 0.29) is 10.5 Å². The Balaban J connectivity index is 3.21. The summed E-state index contributed by atoms with van der Waals surface area (Å²) in [5.74, 6) is -0.407. The standard InChI is InChI=1S/C8H9NO4S/c1-9-8(10)6-3-2-4-7(5-6)14(11,12)13/h2-5H,1H3,(H,9,10)(H,11,12,13). The Bertz CT molecular complexity index is 452. The van der Waals surface area contributed by atoms with E-state index in [0.29, 0.717) is 0 Å². The summed E-state index contributed by atoms with van der Waals surface area (Å²) >= 11 is 0. The first-order valence-electron chi connectivity index (χ1n) is 3.75. The minimum Gasteiger partial charge on any atom is -0.355 e. The normalized spacial score (nSPS) is 11.0. The van der Waals surface area contributed by atoms with Gasteiger partial charge in [0.25, 0.3) is 16.0 Å². The smallest absolute Gasteiger partial charge is 0.294 e. The Morgan fingerprint density at radius 3 is 2.57 bits per heavy atom. The zero-order valence-corrected chi connectivity index (χ0v) is 8.21.